The first-order valence-corrected chi connectivity index (χ1v) is 11.1. The molecule has 0 bridgehead atoms. The van der Waals surface area contributed by atoms with E-state index in [1.54, 1.807) is 34.4 Å². The second-order valence-corrected chi connectivity index (χ2v) is 8.75. The van der Waals surface area contributed by atoms with Crippen LogP contribution in [0.3, 0.4) is 0 Å². The highest BCUT2D eigenvalue weighted by Crippen LogP contribution is 2.29. The highest BCUT2D eigenvalue weighted by molar-refractivity contribution is 7.97. The lowest BCUT2D eigenvalue weighted by atomic mass is 10.1. The van der Waals surface area contributed by atoms with Crippen LogP contribution < -0.4 is 5.32 Å². The normalized spacial score (nSPS) is 10.8. The molecule has 130 valence electrons. The lowest BCUT2D eigenvalue weighted by Gasteiger charge is -2.06. The number of aromatic nitrogens is 1. The van der Waals surface area contributed by atoms with E-state index in [4.69, 9.17) is 0 Å². The molecule has 0 aliphatic carbocycles. The number of rotatable bonds is 7. The Morgan fingerprint density at radius 2 is 2.16 bits per heavy atom. The zero-order valence-electron chi connectivity index (χ0n) is 14.2. The lowest BCUT2D eigenvalue weighted by molar-refractivity contribution is 0.0954. The van der Waals surface area contributed by atoms with Crippen molar-refractivity contribution in [2.24, 2.45) is 0 Å². The number of carbonyl (C=O) groups excluding carboxylic acids is 1. The van der Waals surface area contributed by atoms with E-state index in [0.717, 1.165) is 28.4 Å². The average molecular weight is 389 g/mol. The number of carbonyl (C=O) groups is 1. The van der Waals surface area contributed by atoms with Crippen molar-refractivity contribution in [1.29, 1.82) is 0 Å². The fraction of sp³-hybridized carbons (Fsp3) is 0.263. The van der Waals surface area contributed by atoms with Crippen LogP contribution in [0.2, 0.25) is 0 Å². The van der Waals surface area contributed by atoms with Gasteiger partial charge in [-0.2, -0.15) is 11.8 Å². The molecule has 1 N–H and O–H groups in total. The largest absolute Gasteiger partial charge is 0.352 e. The first-order chi connectivity index (χ1) is 12.2. The number of thiazole rings is 1. The maximum Gasteiger partial charge on any atom is 0.251 e. The van der Waals surface area contributed by atoms with E-state index in [-0.39, 0.29) is 5.91 Å². The first kappa shape index (κ1) is 18.2. The molecule has 0 spiro atoms. The van der Waals surface area contributed by atoms with Gasteiger partial charge in [0, 0.05) is 28.1 Å². The summed E-state index contributed by atoms with van der Waals surface area (Å²) in [6.07, 6.45) is 2.90. The summed E-state index contributed by atoms with van der Waals surface area (Å²) in [4.78, 5) is 19.3. The molecule has 0 unspecified atom stereocenters. The Balaban J connectivity index is 1.53. The van der Waals surface area contributed by atoms with Crippen LogP contribution in [-0.2, 0) is 12.2 Å². The molecule has 1 aromatic carbocycles. The molecular weight excluding hydrogens is 368 g/mol. The van der Waals surface area contributed by atoms with Crippen LogP contribution >= 0.6 is 34.4 Å². The first-order valence-electron chi connectivity index (χ1n) is 8.03. The summed E-state index contributed by atoms with van der Waals surface area (Å²) >= 11 is 5.17. The number of aryl methyl sites for hydroxylation is 1. The van der Waals surface area contributed by atoms with E-state index >= 15 is 0 Å². The monoisotopic (exact) mass is 388 g/mol. The summed E-state index contributed by atoms with van der Waals surface area (Å²) in [6, 6.07) is 12.1. The van der Waals surface area contributed by atoms with Gasteiger partial charge < -0.3 is 5.32 Å². The molecule has 0 radical (unpaired) electrons. The summed E-state index contributed by atoms with van der Waals surface area (Å²) in [6.45, 7) is 2.66. The highest BCUT2D eigenvalue weighted by Gasteiger charge is 2.08. The Hall–Kier alpha value is -1.63. The van der Waals surface area contributed by atoms with Gasteiger partial charge in [-0.25, -0.2) is 4.98 Å². The van der Waals surface area contributed by atoms with Gasteiger partial charge in [-0.1, -0.05) is 12.1 Å². The van der Waals surface area contributed by atoms with E-state index in [1.165, 1.54) is 15.3 Å². The molecule has 3 rings (SSSR count). The minimum absolute atomic E-state index is 0.00476. The molecule has 2 heterocycles. The number of thioether (sulfide) groups is 1. The third-order valence-electron chi connectivity index (χ3n) is 3.69. The SMILES string of the molecule is CSCc1cccc(C(=O)NCCc2ccc(-c3csc(C)n3)s2)c1. The van der Waals surface area contributed by atoms with Crippen LogP contribution in [0.1, 0.15) is 25.8 Å². The topological polar surface area (TPSA) is 42.0 Å². The molecule has 0 saturated carbocycles. The van der Waals surface area contributed by atoms with E-state index in [0.29, 0.717) is 6.54 Å². The zero-order valence-corrected chi connectivity index (χ0v) is 16.7. The van der Waals surface area contributed by atoms with E-state index < -0.39 is 0 Å². The Morgan fingerprint density at radius 1 is 1.28 bits per heavy atom. The van der Waals surface area contributed by atoms with Crippen LogP contribution in [0.5, 0.6) is 0 Å². The third kappa shape index (κ3) is 4.93. The van der Waals surface area contributed by atoms with Crippen molar-refractivity contribution < 1.29 is 4.79 Å². The maximum absolute atomic E-state index is 12.3. The highest BCUT2D eigenvalue weighted by atomic mass is 32.2. The molecule has 0 atom stereocenters. The molecular formula is C19H20N2OS3. The molecule has 0 aliphatic rings. The summed E-state index contributed by atoms with van der Waals surface area (Å²) in [5, 5.41) is 6.19. The molecule has 0 saturated heterocycles. The predicted molar refractivity (Wildman–Crippen MR) is 110 cm³/mol. The van der Waals surface area contributed by atoms with E-state index in [2.05, 4.69) is 40.1 Å². The van der Waals surface area contributed by atoms with Crippen molar-refractivity contribution in [3.63, 3.8) is 0 Å². The predicted octanol–water partition coefficient (Wildman–Crippen LogP) is 5.02. The molecule has 6 heteroatoms. The molecule has 2 aromatic heterocycles. The molecule has 3 aromatic rings. The van der Waals surface area contributed by atoms with E-state index in [1.807, 2.05) is 25.1 Å². The van der Waals surface area contributed by atoms with Crippen molar-refractivity contribution in [1.82, 2.24) is 10.3 Å². The molecule has 0 fully saturated rings. The van der Waals surface area contributed by atoms with Crippen molar-refractivity contribution >= 4 is 40.3 Å². The van der Waals surface area contributed by atoms with Crippen LogP contribution in [0.4, 0.5) is 0 Å². The maximum atomic E-state index is 12.3. The molecule has 3 nitrogen and oxygen atoms in total. The second-order valence-electron chi connectivity index (χ2n) is 5.66. The number of nitrogens with zero attached hydrogens (tertiary/aromatic N) is 1. The number of hydrogen-bond acceptors (Lipinski definition) is 5. The van der Waals surface area contributed by atoms with Gasteiger partial charge in [-0.3, -0.25) is 4.79 Å². The second kappa shape index (κ2) is 8.65. The third-order valence-corrected chi connectivity index (χ3v) is 6.25. The number of hydrogen-bond donors (Lipinski definition) is 1. The number of thiophene rings is 1. The van der Waals surface area contributed by atoms with Crippen molar-refractivity contribution in [2.75, 3.05) is 12.8 Å². The Morgan fingerprint density at radius 3 is 2.92 bits per heavy atom. The molecule has 1 amide bonds. The Kier molecular flexibility index (Phi) is 6.29. The van der Waals surface area contributed by atoms with Crippen molar-refractivity contribution in [3.8, 4) is 10.6 Å². The van der Waals surface area contributed by atoms with Gasteiger partial charge in [0.15, 0.2) is 0 Å². The number of amides is 1. The van der Waals surface area contributed by atoms with E-state index in [9.17, 15) is 4.79 Å². The van der Waals surface area contributed by atoms with Crippen molar-refractivity contribution in [2.45, 2.75) is 19.1 Å². The summed E-state index contributed by atoms with van der Waals surface area (Å²) in [7, 11) is 0. The van der Waals surface area contributed by atoms with Gasteiger partial charge >= 0.3 is 0 Å². The molecule has 0 aliphatic heterocycles. The van der Waals surface area contributed by atoms with Gasteiger partial charge in [0.05, 0.1) is 15.6 Å². The van der Waals surface area contributed by atoms with Gasteiger partial charge in [0.25, 0.3) is 5.91 Å². The summed E-state index contributed by atoms with van der Waals surface area (Å²) in [5.41, 5.74) is 2.96. The Bertz CT molecular complexity index is 854. The van der Waals surface area contributed by atoms with Gasteiger partial charge in [-0.05, 0) is 49.4 Å². The van der Waals surface area contributed by atoms with Gasteiger partial charge in [0.1, 0.15) is 0 Å². The smallest absolute Gasteiger partial charge is 0.251 e. The fourth-order valence-corrected chi connectivity index (χ4v) is 4.67. The van der Waals surface area contributed by atoms with Crippen LogP contribution in [-0.4, -0.2) is 23.7 Å². The van der Waals surface area contributed by atoms with Crippen LogP contribution in [0.25, 0.3) is 10.6 Å². The molecule has 25 heavy (non-hydrogen) atoms. The lowest BCUT2D eigenvalue weighted by Crippen LogP contribution is -2.25. The summed E-state index contributed by atoms with van der Waals surface area (Å²) < 4.78 is 0. The van der Waals surface area contributed by atoms with Crippen LogP contribution in [0.15, 0.2) is 41.8 Å². The fourth-order valence-electron chi connectivity index (χ4n) is 2.50. The zero-order chi connectivity index (χ0) is 17.6. The summed E-state index contributed by atoms with van der Waals surface area (Å²) in [5.74, 6) is 0.921. The van der Waals surface area contributed by atoms with Gasteiger partial charge in [0.2, 0.25) is 0 Å². The quantitative estimate of drug-likeness (QED) is 0.618. The Labute approximate surface area is 160 Å². The van der Waals surface area contributed by atoms with Crippen molar-refractivity contribution in [3.05, 3.63) is 62.8 Å². The number of nitrogens with one attached hydrogen (secondary N) is 1. The minimum Gasteiger partial charge on any atom is -0.352 e. The minimum atomic E-state index is -0.00476. The standard InChI is InChI=1S/C19H20N2OS3/c1-13-21-17(12-24-13)18-7-6-16(25-18)8-9-20-19(22)15-5-3-4-14(10-15)11-23-2/h3-7,10,12H,8-9,11H2,1-2H3,(H,20,22). The number of benzene rings is 1. The average Bonchev–Trinajstić information content (AvgIpc) is 3.24. The van der Waals surface area contributed by atoms with Gasteiger partial charge in [-0.15, -0.1) is 22.7 Å². The van der Waals surface area contributed by atoms with Crippen LogP contribution in [0, 0.1) is 6.92 Å².